The Morgan fingerprint density at radius 2 is 1.74 bits per heavy atom. The normalized spacial score (nSPS) is 10.7. The lowest BCUT2D eigenvalue weighted by Gasteiger charge is -2.16. The SMILES string of the molecule is Cc1ccnc(NC(=O)CN(C)CC(=O)Nc2cccc(CSc3ccccn3)c2)c1. The molecule has 0 bridgehead atoms. The van der Waals surface area contributed by atoms with Crippen LogP contribution in [0.5, 0.6) is 0 Å². The van der Waals surface area contributed by atoms with Gasteiger partial charge < -0.3 is 10.6 Å². The quantitative estimate of drug-likeness (QED) is 0.500. The van der Waals surface area contributed by atoms with E-state index in [2.05, 4.69) is 20.6 Å². The van der Waals surface area contributed by atoms with Gasteiger partial charge in [0.15, 0.2) is 0 Å². The van der Waals surface area contributed by atoms with Gasteiger partial charge in [0.25, 0.3) is 0 Å². The van der Waals surface area contributed by atoms with Crippen LogP contribution in [0.2, 0.25) is 0 Å². The zero-order valence-corrected chi connectivity index (χ0v) is 18.4. The van der Waals surface area contributed by atoms with E-state index in [0.717, 1.165) is 27.6 Å². The van der Waals surface area contributed by atoms with E-state index in [1.165, 1.54) is 0 Å². The first-order valence-corrected chi connectivity index (χ1v) is 10.8. The van der Waals surface area contributed by atoms with Crippen molar-refractivity contribution in [3.05, 3.63) is 78.1 Å². The molecular formula is C23H25N5O2S. The van der Waals surface area contributed by atoms with Crippen molar-refractivity contribution in [1.82, 2.24) is 14.9 Å². The van der Waals surface area contributed by atoms with E-state index in [-0.39, 0.29) is 24.9 Å². The average Bonchev–Trinajstić information content (AvgIpc) is 2.73. The molecule has 0 saturated carbocycles. The molecule has 1 aromatic carbocycles. The summed E-state index contributed by atoms with van der Waals surface area (Å²) in [4.78, 5) is 34.6. The van der Waals surface area contributed by atoms with E-state index in [4.69, 9.17) is 0 Å². The van der Waals surface area contributed by atoms with Crippen LogP contribution in [0.15, 0.2) is 72.0 Å². The summed E-state index contributed by atoms with van der Waals surface area (Å²) in [5, 5.41) is 6.59. The van der Waals surface area contributed by atoms with Gasteiger partial charge in [-0.2, -0.15) is 0 Å². The van der Waals surface area contributed by atoms with Crippen molar-refractivity contribution in [3.8, 4) is 0 Å². The van der Waals surface area contributed by atoms with E-state index in [1.54, 1.807) is 42.2 Å². The lowest BCUT2D eigenvalue weighted by molar-refractivity contribution is -0.119. The maximum absolute atomic E-state index is 12.4. The summed E-state index contributed by atoms with van der Waals surface area (Å²) < 4.78 is 0. The van der Waals surface area contributed by atoms with Gasteiger partial charge in [-0.25, -0.2) is 9.97 Å². The lowest BCUT2D eigenvalue weighted by Crippen LogP contribution is -2.36. The smallest absolute Gasteiger partial charge is 0.239 e. The standard InChI is InChI=1S/C23H25N5O2S/c1-17-9-11-24-20(12-17)27-22(30)15-28(2)14-21(29)26-19-7-5-6-18(13-19)16-31-23-8-3-4-10-25-23/h3-13H,14-16H2,1-2H3,(H,26,29)(H,24,27,30). The summed E-state index contributed by atoms with van der Waals surface area (Å²) in [5.41, 5.74) is 2.83. The maximum Gasteiger partial charge on any atom is 0.239 e. The molecule has 0 aliphatic carbocycles. The Morgan fingerprint density at radius 1 is 0.935 bits per heavy atom. The Bertz CT molecular complexity index is 1030. The summed E-state index contributed by atoms with van der Waals surface area (Å²) in [6, 6.07) is 17.2. The number of aromatic nitrogens is 2. The summed E-state index contributed by atoms with van der Waals surface area (Å²) in [7, 11) is 1.72. The minimum absolute atomic E-state index is 0.0871. The topological polar surface area (TPSA) is 87.2 Å². The Hall–Kier alpha value is -3.23. The zero-order valence-electron chi connectivity index (χ0n) is 17.5. The van der Waals surface area contributed by atoms with E-state index in [1.807, 2.05) is 55.5 Å². The van der Waals surface area contributed by atoms with Crippen LogP contribution in [-0.2, 0) is 15.3 Å². The minimum Gasteiger partial charge on any atom is -0.325 e. The average molecular weight is 436 g/mol. The van der Waals surface area contributed by atoms with E-state index < -0.39 is 0 Å². The molecule has 0 aliphatic rings. The fourth-order valence-electron chi connectivity index (χ4n) is 2.86. The molecule has 0 aliphatic heterocycles. The van der Waals surface area contributed by atoms with Gasteiger partial charge in [-0.15, -0.1) is 11.8 Å². The van der Waals surface area contributed by atoms with E-state index in [0.29, 0.717) is 5.82 Å². The van der Waals surface area contributed by atoms with E-state index in [9.17, 15) is 9.59 Å². The number of likely N-dealkylation sites (N-methyl/N-ethyl adjacent to an activating group) is 1. The molecule has 3 rings (SSSR count). The number of thioether (sulfide) groups is 1. The second-order valence-corrected chi connectivity index (χ2v) is 8.14. The second kappa shape index (κ2) is 11.2. The van der Waals surface area contributed by atoms with Crippen molar-refractivity contribution >= 4 is 35.1 Å². The first-order valence-electron chi connectivity index (χ1n) is 9.81. The number of pyridine rings is 2. The van der Waals surface area contributed by atoms with Crippen LogP contribution in [0.4, 0.5) is 11.5 Å². The third-order valence-electron chi connectivity index (χ3n) is 4.25. The van der Waals surface area contributed by atoms with Gasteiger partial charge in [0.05, 0.1) is 18.1 Å². The van der Waals surface area contributed by atoms with Gasteiger partial charge in [0, 0.05) is 23.8 Å². The first-order chi connectivity index (χ1) is 15.0. The highest BCUT2D eigenvalue weighted by atomic mass is 32.2. The highest BCUT2D eigenvalue weighted by molar-refractivity contribution is 7.98. The number of hydrogen-bond acceptors (Lipinski definition) is 6. The van der Waals surface area contributed by atoms with Crippen molar-refractivity contribution < 1.29 is 9.59 Å². The number of amides is 2. The summed E-state index contributed by atoms with van der Waals surface area (Å²) in [5.74, 6) is 0.858. The molecule has 2 N–H and O–H groups in total. The number of aryl methyl sites for hydroxylation is 1. The summed E-state index contributed by atoms with van der Waals surface area (Å²) >= 11 is 1.64. The Morgan fingerprint density at radius 3 is 2.48 bits per heavy atom. The third-order valence-corrected chi connectivity index (χ3v) is 5.26. The Labute approximate surface area is 186 Å². The molecule has 0 spiro atoms. The third kappa shape index (κ3) is 7.84. The van der Waals surface area contributed by atoms with Crippen LogP contribution in [0, 0.1) is 6.92 Å². The molecule has 0 atom stereocenters. The number of nitrogens with zero attached hydrogens (tertiary/aromatic N) is 3. The maximum atomic E-state index is 12.4. The zero-order chi connectivity index (χ0) is 22.1. The number of carbonyl (C=O) groups excluding carboxylic acids is 2. The van der Waals surface area contributed by atoms with Crippen LogP contribution in [-0.4, -0.2) is 46.8 Å². The van der Waals surface area contributed by atoms with Crippen molar-refractivity contribution in [3.63, 3.8) is 0 Å². The largest absolute Gasteiger partial charge is 0.325 e. The number of hydrogen-bond donors (Lipinski definition) is 2. The molecule has 7 nitrogen and oxygen atoms in total. The van der Waals surface area contributed by atoms with Gasteiger partial charge in [-0.05, 0) is 61.5 Å². The van der Waals surface area contributed by atoms with Gasteiger partial charge >= 0.3 is 0 Å². The second-order valence-electron chi connectivity index (χ2n) is 7.14. The van der Waals surface area contributed by atoms with Crippen LogP contribution in [0.3, 0.4) is 0 Å². The molecule has 0 saturated heterocycles. The number of rotatable bonds is 9. The molecule has 31 heavy (non-hydrogen) atoms. The van der Waals surface area contributed by atoms with Crippen LogP contribution in [0.1, 0.15) is 11.1 Å². The highest BCUT2D eigenvalue weighted by Gasteiger charge is 2.12. The number of carbonyl (C=O) groups is 2. The number of anilines is 2. The van der Waals surface area contributed by atoms with Gasteiger partial charge in [-0.3, -0.25) is 14.5 Å². The van der Waals surface area contributed by atoms with Gasteiger partial charge in [0.2, 0.25) is 11.8 Å². The molecule has 2 amide bonds. The fourth-order valence-corrected chi connectivity index (χ4v) is 3.67. The van der Waals surface area contributed by atoms with Crippen LogP contribution >= 0.6 is 11.8 Å². The molecule has 0 unspecified atom stereocenters. The minimum atomic E-state index is -0.220. The van der Waals surface area contributed by atoms with Crippen molar-refractivity contribution in [1.29, 1.82) is 0 Å². The molecule has 0 radical (unpaired) electrons. The van der Waals surface area contributed by atoms with Gasteiger partial charge in [0.1, 0.15) is 5.82 Å². The lowest BCUT2D eigenvalue weighted by atomic mass is 10.2. The number of benzene rings is 1. The monoisotopic (exact) mass is 435 g/mol. The van der Waals surface area contributed by atoms with Crippen molar-refractivity contribution in [2.24, 2.45) is 0 Å². The van der Waals surface area contributed by atoms with Gasteiger partial charge in [-0.1, -0.05) is 18.2 Å². The van der Waals surface area contributed by atoms with Crippen LogP contribution < -0.4 is 10.6 Å². The summed E-state index contributed by atoms with van der Waals surface area (Å²) in [6.45, 7) is 2.12. The Balaban J connectivity index is 1.45. The number of nitrogens with one attached hydrogen (secondary N) is 2. The molecule has 0 fully saturated rings. The highest BCUT2D eigenvalue weighted by Crippen LogP contribution is 2.22. The molecule has 2 heterocycles. The van der Waals surface area contributed by atoms with Crippen LogP contribution in [0.25, 0.3) is 0 Å². The summed E-state index contributed by atoms with van der Waals surface area (Å²) in [6.07, 6.45) is 3.41. The Kier molecular flexibility index (Phi) is 8.14. The predicted molar refractivity (Wildman–Crippen MR) is 124 cm³/mol. The molecule has 3 aromatic rings. The molecule has 2 aromatic heterocycles. The van der Waals surface area contributed by atoms with Crippen molar-refractivity contribution in [2.75, 3.05) is 30.8 Å². The first kappa shape index (κ1) is 22.5. The predicted octanol–water partition coefficient (Wildman–Crippen LogP) is 3.59. The fraction of sp³-hybridized carbons (Fsp3) is 0.217. The molecular weight excluding hydrogens is 410 g/mol. The molecule has 160 valence electrons. The van der Waals surface area contributed by atoms with Crippen molar-refractivity contribution in [2.45, 2.75) is 17.7 Å². The molecule has 8 heteroatoms. The van der Waals surface area contributed by atoms with E-state index >= 15 is 0 Å².